The summed E-state index contributed by atoms with van der Waals surface area (Å²) in [4.78, 5) is 40.2. The summed E-state index contributed by atoms with van der Waals surface area (Å²) in [6.07, 6.45) is 28.3. The Kier molecular flexibility index (Phi) is 31.5. The number of carbonyl (C=O) groups is 3. The lowest BCUT2D eigenvalue weighted by Gasteiger charge is -2.35. The minimum atomic E-state index is -0.215. The first-order valence-electron chi connectivity index (χ1n) is 22.2. The third kappa shape index (κ3) is 26.2. The Hall–Kier alpha value is -1.67. The van der Waals surface area contributed by atoms with E-state index in [0.717, 1.165) is 129 Å². The number of piperidine rings is 1. The summed E-state index contributed by atoms with van der Waals surface area (Å²) in [5.74, 6) is -0.442. The number of hydrogen-bond acceptors (Lipinski definition) is 8. The molecule has 0 aromatic heterocycles. The molecule has 0 spiro atoms. The molecule has 1 saturated heterocycles. The van der Waals surface area contributed by atoms with Gasteiger partial charge in [0, 0.05) is 26.0 Å². The topological polar surface area (TPSA) is 91.4 Å². The molecule has 52 heavy (non-hydrogen) atoms. The fourth-order valence-corrected chi connectivity index (χ4v) is 7.15. The van der Waals surface area contributed by atoms with Gasteiger partial charge in [-0.3, -0.25) is 14.4 Å². The number of likely N-dealkylation sites (N-methyl/N-ethyl adjacent to an activating group) is 1. The Labute approximate surface area is 320 Å². The zero-order valence-corrected chi connectivity index (χ0v) is 34.7. The average molecular weight is 738 g/mol. The van der Waals surface area contributed by atoms with Crippen LogP contribution in [0.3, 0.4) is 0 Å². The molecule has 0 radical (unpaired) electrons. The van der Waals surface area contributed by atoms with Crippen LogP contribution in [0.25, 0.3) is 0 Å². The number of likely N-dealkylation sites (tertiary alicyclic amines) is 1. The van der Waals surface area contributed by atoms with Gasteiger partial charge in [-0.1, -0.05) is 111 Å². The molecular weight excluding hydrogens is 654 g/mol. The van der Waals surface area contributed by atoms with Gasteiger partial charge in [0.2, 0.25) is 0 Å². The fraction of sp³-hybridized carbons (Fsp3) is 0.932. The van der Waals surface area contributed by atoms with E-state index in [1.807, 2.05) is 0 Å². The summed E-state index contributed by atoms with van der Waals surface area (Å²) < 4.78 is 23.7. The van der Waals surface area contributed by atoms with E-state index in [-0.39, 0.29) is 42.1 Å². The summed E-state index contributed by atoms with van der Waals surface area (Å²) in [5, 5.41) is 0. The molecule has 1 fully saturated rings. The van der Waals surface area contributed by atoms with Crippen LogP contribution in [-0.4, -0.2) is 74.5 Å². The van der Waals surface area contributed by atoms with E-state index in [1.54, 1.807) is 0 Å². The van der Waals surface area contributed by atoms with Crippen molar-refractivity contribution in [2.75, 3.05) is 33.4 Å². The molecule has 1 aliphatic heterocycles. The van der Waals surface area contributed by atoms with Gasteiger partial charge in [-0.2, -0.15) is 0 Å². The summed E-state index contributed by atoms with van der Waals surface area (Å²) in [7, 11) is 2.08. The van der Waals surface area contributed by atoms with Gasteiger partial charge < -0.3 is 23.8 Å². The maximum absolute atomic E-state index is 13.0. The Morgan fingerprint density at radius 2 is 0.981 bits per heavy atom. The van der Waals surface area contributed by atoms with Crippen LogP contribution < -0.4 is 0 Å². The van der Waals surface area contributed by atoms with Crippen molar-refractivity contribution >= 4 is 17.9 Å². The molecule has 0 saturated carbocycles. The van der Waals surface area contributed by atoms with Crippen molar-refractivity contribution in [2.24, 2.45) is 5.92 Å². The highest BCUT2D eigenvalue weighted by atomic mass is 16.6. The van der Waals surface area contributed by atoms with E-state index in [2.05, 4.69) is 39.6 Å². The van der Waals surface area contributed by atoms with Gasteiger partial charge >= 0.3 is 17.9 Å². The first-order chi connectivity index (χ1) is 25.3. The van der Waals surface area contributed by atoms with Crippen LogP contribution in [-0.2, 0) is 33.3 Å². The molecular formula is C44H83NO7. The average Bonchev–Trinajstić information content (AvgIpc) is 3.12. The molecule has 0 aliphatic carbocycles. The molecule has 0 aromatic rings. The SMILES string of the molecule is CCCCCC(CCCCC)OC(=O)CCCCCCCOC1CN(C)CCC1C(=O)OCCCCCCC(=O)OC(CCCCC)CCCCC. The molecule has 2 atom stereocenters. The number of esters is 3. The van der Waals surface area contributed by atoms with Gasteiger partial charge in [-0.15, -0.1) is 0 Å². The molecule has 8 heteroatoms. The highest BCUT2D eigenvalue weighted by molar-refractivity contribution is 5.73. The molecule has 8 nitrogen and oxygen atoms in total. The minimum absolute atomic E-state index is 0.0304. The van der Waals surface area contributed by atoms with E-state index in [4.69, 9.17) is 18.9 Å². The number of hydrogen-bond donors (Lipinski definition) is 0. The van der Waals surface area contributed by atoms with Gasteiger partial charge in [-0.05, 0) is 97.1 Å². The monoisotopic (exact) mass is 738 g/mol. The second-order valence-corrected chi connectivity index (χ2v) is 15.6. The first kappa shape index (κ1) is 48.3. The molecule has 1 heterocycles. The zero-order valence-electron chi connectivity index (χ0n) is 34.7. The van der Waals surface area contributed by atoms with Gasteiger partial charge in [0.15, 0.2) is 0 Å². The lowest BCUT2D eigenvalue weighted by Crippen LogP contribution is -2.47. The van der Waals surface area contributed by atoms with Crippen molar-refractivity contribution in [1.82, 2.24) is 4.90 Å². The van der Waals surface area contributed by atoms with Gasteiger partial charge in [0.05, 0.1) is 18.6 Å². The van der Waals surface area contributed by atoms with Gasteiger partial charge in [0.1, 0.15) is 12.2 Å². The predicted molar refractivity (Wildman–Crippen MR) is 213 cm³/mol. The molecule has 2 unspecified atom stereocenters. The summed E-state index contributed by atoms with van der Waals surface area (Å²) >= 11 is 0. The van der Waals surface area contributed by atoms with E-state index >= 15 is 0 Å². The quantitative estimate of drug-likeness (QED) is 0.0361. The lowest BCUT2D eigenvalue weighted by molar-refractivity contribution is -0.158. The number of unbranched alkanes of at least 4 members (excludes halogenated alkanes) is 15. The van der Waals surface area contributed by atoms with Crippen molar-refractivity contribution in [2.45, 2.75) is 226 Å². The zero-order chi connectivity index (χ0) is 38.1. The molecule has 0 N–H and O–H groups in total. The second-order valence-electron chi connectivity index (χ2n) is 15.6. The first-order valence-corrected chi connectivity index (χ1v) is 22.2. The molecule has 0 aromatic carbocycles. The maximum atomic E-state index is 13.0. The molecule has 1 aliphatic rings. The normalized spacial score (nSPS) is 16.4. The minimum Gasteiger partial charge on any atom is -0.465 e. The van der Waals surface area contributed by atoms with E-state index in [1.165, 1.54) is 51.4 Å². The smallest absolute Gasteiger partial charge is 0.311 e. The summed E-state index contributed by atoms with van der Waals surface area (Å²) in [6, 6.07) is 0. The van der Waals surface area contributed by atoms with Crippen LogP contribution in [0.2, 0.25) is 0 Å². The fourth-order valence-electron chi connectivity index (χ4n) is 7.15. The van der Waals surface area contributed by atoms with Crippen molar-refractivity contribution in [3.63, 3.8) is 0 Å². The van der Waals surface area contributed by atoms with Crippen LogP contribution in [0.5, 0.6) is 0 Å². The van der Waals surface area contributed by atoms with Crippen LogP contribution in [0.4, 0.5) is 0 Å². The van der Waals surface area contributed by atoms with Crippen LogP contribution in [0, 0.1) is 5.92 Å². The number of carbonyl (C=O) groups excluding carboxylic acids is 3. The molecule has 0 bridgehead atoms. The largest absolute Gasteiger partial charge is 0.465 e. The second kappa shape index (κ2) is 33.9. The molecule has 306 valence electrons. The van der Waals surface area contributed by atoms with Crippen molar-refractivity contribution in [3.05, 3.63) is 0 Å². The summed E-state index contributed by atoms with van der Waals surface area (Å²) in [6.45, 7) is 11.5. The summed E-state index contributed by atoms with van der Waals surface area (Å²) in [5.41, 5.74) is 0. The van der Waals surface area contributed by atoms with Crippen LogP contribution in [0.1, 0.15) is 207 Å². The standard InChI is InChI=1S/C44H83NO7/c1-6-10-19-27-38(28-20-11-7-2)51-42(46)31-23-15-14-17-25-35-49-41-37-45(5)34-33-40(41)44(48)50-36-26-18-16-24-32-43(47)52-39(29-21-12-8-3)30-22-13-9-4/h38-41H,6-37H2,1-5H3. The van der Waals surface area contributed by atoms with E-state index < -0.39 is 0 Å². The highest BCUT2D eigenvalue weighted by Gasteiger charge is 2.34. The van der Waals surface area contributed by atoms with Crippen molar-refractivity contribution in [3.8, 4) is 0 Å². The van der Waals surface area contributed by atoms with E-state index in [9.17, 15) is 14.4 Å². The van der Waals surface area contributed by atoms with Gasteiger partial charge in [0.25, 0.3) is 0 Å². The van der Waals surface area contributed by atoms with Crippen LogP contribution >= 0.6 is 0 Å². The third-order valence-corrected chi connectivity index (χ3v) is 10.6. The van der Waals surface area contributed by atoms with Crippen LogP contribution in [0.15, 0.2) is 0 Å². The number of ether oxygens (including phenoxy) is 4. The molecule has 0 amide bonds. The van der Waals surface area contributed by atoms with Crippen molar-refractivity contribution < 1.29 is 33.3 Å². The third-order valence-electron chi connectivity index (χ3n) is 10.6. The highest BCUT2D eigenvalue weighted by Crippen LogP contribution is 2.23. The predicted octanol–water partition coefficient (Wildman–Crippen LogP) is 11.3. The Morgan fingerprint density at radius 1 is 0.558 bits per heavy atom. The van der Waals surface area contributed by atoms with Gasteiger partial charge in [-0.25, -0.2) is 0 Å². The van der Waals surface area contributed by atoms with Crippen molar-refractivity contribution in [1.29, 1.82) is 0 Å². The number of rotatable bonds is 35. The Bertz CT molecular complexity index is 848. The van der Waals surface area contributed by atoms with E-state index in [0.29, 0.717) is 26.1 Å². The lowest BCUT2D eigenvalue weighted by atomic mass is 9.94. The number of nitrogens with zero attached hydrogens (tertiary/aromatic N) is 1. The Balaban J connectivity index is 2.22. The molecule has 1 rings (SSSR count). The Morgan fingerprint density at radius 3 is 1.44 bits per heavy atom. The maximum Gasteiger partial charge on any atom is 0.311 e.